The predicted molar refractivity (Wildman–Crippen MR) is 54.0 cm³/mol. The highest BCUT2D eigenvalue weighted by atomic mass is 32.1. The number of hydrogen-bond donors (Lipinski definition) is 0. The van der Waals surface area contributed by atoms with E-state index in [1.54, 1.807) is 17.6 Å². The van der Waals surface area contributed by atoms with Crippen LogP contribution < -0.4 is 0 Å². The topological polar surface area (TPSA) is 13.1 Å². The van der Waals surface area contributed by atoms with E-state index in [-0.39, 0.29) is 0 Å². The first-order chi connectivity index (χ1) is 6.36. The van der Waals surface area contributed by atoms with Gasteiger partial charge < -0.3 is 4.42 Å². The van der Waals surface area contributed by atoms with Crippen LogP contribution in [0.1, 0.15) is 21.8 Å². The summed E-state index contributed by atoms with van der Waals surface area (Å²) in [6.45, 7) is 4.05. The van der Waals surface area contributed by atoms with Crippen LogP contribution in [0.2, 0.25) is 0 Å². The molecular formula is C11H8OS. The van der Waals surface area contributed by atoms with Gasteiger partial charge in [-0.15, -0.1) is 11.3 Å². The van der Waals surface area contributed by atoms with Crippen molar-refractivity contribution in [2.75, 3.05) is 0 Å². The number of fused-ring (bicyclic) bond motifs is 2. The van der Waals surface area contributed by atoms with E-state index in [1.165, 1.54) is 16.0 Å². The zero-order chi connectivity index (χ0) is 8.84. The number of thiophene rings is 1. The number of furan rings is 1. The van der Waals surface area contributed by atoms with Gasteiger partial charge in [-0.25, -0.2) is 0 Å². The Bertz CT molecular complexity index is 434. The molecule has 64 valence electrons. The molecule has 2 heteroatoms. The van der Waals surface area contributed by atoms with Gasteiger partial charge in [-0.2, -0.15) is 0 Å². The molecule has 1 nitrogen and oxygen atoms in total. The summed E-state index contributed by atoms with van der Waals surface area (Å²) >= 11 is 1.79. The van der Waals surface area contributed by atoms with Crippen molar-refractivity contribution in [2.24, 2.45) is 0 Å². The molecule has 0 fully saturated rings. The van der Waals surface area contributed by atoms with Gasteiger partial charge in [-0.05, 0) is 23.1 Å². The Labute approximate surface area is 80.3 Å². The fourth-order valence-electron chi connectivity index (χ4n) is 1.78. The molecule has 0 aromatic carbocycles. The Kier molecular flexibility index (Phi) is 1.30. The maximum Gasteiger partial charge on any atom is 0.137 e. The maximum atomic E-state index is 5.40. The maximum absolute atomic E-state index is 5.40. The van der Waals surface area contributed by atoms with Gasteiger partial charge in [0.25, 0.3) is 0 Å². The molecule has 0 saturated carbocycles. The quantitative estimate of drug-likeness (QED) is 0.527. The Morgan fingerprint density at radius 2 is 2.31 bits per heavy atom. The highest BCUT2D eigenvalue weighted by molar-refractivity contribution is 7.10. The van der Waals surface area contributed by atoms with E-state index in [0.717, 1.165) is 17.8 Å². The van der Waals surface area contributed by atoms with Crippen molar-refractivity contribution >= 4 is 16.9 Å². The van der Waals surface area contributed by atoms with Crippen molar-refractivity contribution in [3.63, 3.8) is 0 Å². The molecule has 2 aromatic rings. The van der Waals surface area contributed by atoms with E-state index in [4.69, 9.17) is 4.42 Å². The first kappa shape index (κ1) is 7.15. The summed E-state index contributed by atoms with van der Waals surface area (Å²) in [6.07, 6.45) is 2.74. The van der Waals surface area contributed by atoms with Crippen LogP contribution in [0.3, 0.4) is 0 Å². The molecule has 0 amide bonds. The van der Waals surface area contributed by atoms with Crippen LogP contribution in [0.25, 0.3) is 5.57 Å². The molecule has 0 saturated heterocycles. The monoisotopic (exact) mass is 188 g/mol. The molecule has 0 spiro atoms. The Morgan fingerprint density at radius 1 is 1.38 bits per heavy atom. The SMILES string of the molecule is C=C1c2ccsc2Cc2ccoc21. The van der Waals surface area contributed by atoms with Crippen LogP contribution in [0, 0.1) is 0 Å². The molecule has 3 rings (SSSR count). The Hall–Kier alpha value is -1.28. The van der Waals surface area contributed by atoms with Crippen molar-refractivity contribution in [2.45, 2.75) is 6.42 Å². The third kappa shape index (κ3) is 0.864. The first-order valence-electron chi connectivity index (χ1n) is 4.18. The van der Waals surface area contributed by atoms with Crippen molar-refractivity contribution in [1.82, 2.24) is 0 Å². The summed E-state index contributed by atoms with van der Waals surface area (Å²) in [5, 5.41) is 2.11. The highest BCUT2D eigenvalue weighted by Crippen LogP contribution is 2.37. The number of hydrogen-bond acceptors (Lipinski definition) is 2. The Balaban J connectivity index is 2.27. The summed E-state index contributed by atoms with van der Waals surface area (Å²) < 4.78 is 5.40. The minimum Gasteiger partial charge on any atom is -0.464 e. The predicted octanol–water partition coefficient (Wildman–Crippen LogP) is 3.31. The molecule has 1 aliphatic carbocycles. The lowest BCUT2D eigenvalue weighted by Crippen LogP contribution is -1.99. The molecule has 0 N–H and O–H groups in total. The van der Waals surface area contributed by atoms with Crippen LogP contribution in [-0.2, 0) is 6.42 Å². The average Bonchev–Trinajstić information content (AvgIpc) is 2.71. The minimum atomic E-state index is 0.964. The van der Waals surface area contributed by atoms with E-state index in [1.807, 2.05) is 6.07 Å². The lowest BCUT2D eigenvalue weighted by Gasteiger charge is -2.12. The zero-order valence-corrected chi connectivity index (χ0v) is 7.86. The highest BCUT2D eigenvalue weighted by Gasteiger charge is 2.21. The van der Waals surface area contributed by atoms with Crippen LogP contribution in [0.5, 0.6) is 0 Å². The fourth-order valence-corrected chi connectivity index (χ4v) is 2.71. The summed E-state index contributed by atoms with van der Waals surface area (Å²) in [7, 11) is 0. The van der Waals surface area contributed by atoms with Gasteiger partial charge in [-0.1, -0.05) is 6.58 Å². The van der Waals surface area contributed by atoms with Crippen LogP contribution in [0.15, 0.2) is 34.8 Å². The van der Waals surface area contributed by atoms with Gasteiger partial charge >= 0.3 is 0 Å². The fraction of sp³-hybridized carbons (Fsp3) is 0.0909. The third-order valence-electron chi connectivity index (χ3n) is 2.44. The summed E-state index contributed by atoms with van der Waals surface area (Å²) in [5.74, 6) is 0.964. The largest absolute Gasteiger partial charge is 0.464 e. The molecular weight excluding hydrogens is 180 g/mol. The normalized spacial score (nSPS) is 14.0. The van der Waals surface area contributed by atoms with Gasteiger partial charge in [0.1, 0.15) is 5.76 Å². The Morgan fingerprint density at radius 3 is 3.23 bits per heavy atom. The first-order valence-corrected chi connectivity index (χ1v) is 5.06. The summed E-state index contributed by atoms with van der Waals surface area (Å²) in [6, 6.07) is 4.15. The molecule has 2 heterocycles. The van der Waals surface area contributed by atoms with Gasteiger partial charge in [0.2, 0.25) is 0 Å². The molecule has 0 atom stereocenters. The summed E-state index contributed by atoms with van der Waals surface area (Å²) in [5.41, 5.74) is 3.55. The van der Waals surface area contributed by atoms with Gasteiger partial charge in [-0.3, -0.25) is 0 Å². The van der Waals surface area contributed by atoms with E-state index in [0.29, 0.717) is 0 Å². The second kappa shape index (κ2) is 2.36. The van der Waals surface area contributed by atoms with Crippen molar-refractivity contribution in [1.29, 1.82) is 0 Å². The molecule has 0 unspecified atom stereocenters. The third-order valence-corrected chi connectivity index (χ3v) is 3.36. The standard InChI is InChI=1S/C11H8OS/c1-7-9-3-5-13-10(9)6-8-2-4-12-11(7)8/h2-5H,1,6H2. The molecule has 0 radical (unpaired) electrons. The van der Waals surface area contributed by atoms with E-state index < -0.39 is 0 Å². The second-order valence-electron chi connectivity index (χ2n) is 3.19. The van der Waals surface area contributed by atoms with E-state index in [9.17, 15) is 0 Å². The minimum absolute atomic E-state index is 0.964. The summed E-state index contributed by atoms with van der Waals surface area (Å²) in [4.78, 5) is 1.40. The second-order valence-corrected chi connectivity index (χ2v) is 4.19. The van der Waals surface area contributed by atoms with Crippen LogP contribution in [0.4, 0.5) is 0 Å². The van der Waals surface area contributed by atoms with Gasteiger partial charge in [0, 0.05) is 22.4 Å². The lowest BCUT2D eigenvalue weighted by atomic mass is 9.94. The van der Waals surface area contributed by atoms with Crippen molar-refractivity contribution < 1.29 is 4.42 Å². The average molecular weight is 188 g/mol. The van der Waals surface area contributed by atoms with Crippen LogP contribution >= 0.6 is 11.3 Å². The zero-order valence-electron chi connectivity index (χ0n) is 7.04. The smallest absolute Gasteiger partial charge is 0.137 e. The van der Waals surface area contributed by atoms with E-state index >= 15 is 0 Å². The lowest BCUT2D eigenvalue weighted by molar-refractivity contribution is 0.549. The molecule has 13 heavy (non-hydrogen) atoms. The number of rotatable bonds is 0. The van der Waals surface area contributed by atoms with E-state index in [2.05, 4.69) is 18.0 Å². The molecule has 0 aliphatic heterocycles. The molecule has 0 bridgehead atoms. The van der Waals surface area contributed by atoms with Crippen molar-refractivity contribution in [3.05, 3.63) is 52.1 Å². The van der Waals surface area contributed by atoms with Crippen molar-refractivity contribution in [3.8, 4) is 0 Å². The van der Waals surface area contributed by atoms with Gasteiger partial charge in [0.05, 0.1) is 6.26 Å². The molecule has 1 aliphatic rings. The van der Waals surface area contributed by atoms with Crippen LogP contribution in [-0.4, -0.2) is 0 Å². The molecule has 2 aromatic heterocycles. The van der Waals surface area contributed by atoms with Gasteiger partial charge in [0.15, 0.2) is 0 Å².